The molecule has 0 atom stereocenters. The molecule has 0 aliphatic rings. The summed E-state index contributed by atoms with van der Waals surface area (Å²) in [7, 11) is 3.03. The average molecular weight is 355 g/mol. The van der Waals surface area contributed by atoms with E-state index < -0.39 is 0 Å². The summed E-state index contributed by atoms with van der Waals surface area (Å²) in [6, 6.07) is 5.20. The number of carbonyl (C=O) groups is 1. The van der Waals surface area contributed by atoms with Gasteiger partial charge in [-0.25, -0.2) is 0 Å². The Balaban J connectivity index is 1.74. The van der Waals surface area contributed by atoms with Crippen LogP contribution in [0.1, 0.15) is 22.8 Å². The highest BCUT2D eigenvalue weighted by Crippen LogP contribution is 2.29. The zero-order valence-electron chi connectivity index (χ0n) is 15.0. The molecule has 1 amide bonds. The second kappa shape index (κ2) is 7.73. The summed E-state index contributed by atoms with van der Waals surface area (Å²) in [5.41, 5.74) is 1.97. The first-order valence-electron chi connectivity index (χ1n) is 8.20. The third-order valence-electron chi connectivity index (χ3n) is 3.90. The van der Waals surface area contributed by atoms with E-state index in [4.69, 9.17) is 9.47 Å². The van der Waals surface area contributed by atoms with Gasteiger partial charge in [-0.2, -0.15) is 10.2 Å². The molecule has 2 heterocycles. The second-order valence-corrected chi connectivity index (χ2v) is 5.62. The van der Waals surface area contributed by atoms with Crippen LogP contribution >= 0.6 is 0 Å². The molecular formula is C18H21N5O3. The van der Waals surface area contributed by atoms with Gasteiger partial charge >= 0.3 is 0 Å². The summed E-state index contributed by atoms with van der Waals surface area (Å²) in [5, 5.41) is 11.3. The Hall–Kier alpha value is -3.29. The number of hydrogen-bond donors (Lipinski definition) is 1. The van der Waals surface area contributed by atoms with Gasteiger partial charge in [0.05, 0.1) is 38.8 Å². The molecule has 8 nitrogen and oxygen atoms in total. The van der Waals surface area contributed by atoms with E-state index in [1.54, 1.807) is 35.3 Å². The minimum atomic E-state index is -0.322. The summed E-state index contributed by atoms with van der Waals surface area (Å²) in [6.45, 7) is 3.43. The molecule has 0 saturated heterocycles. The number of aromatic nitrogens is 4. The molecule has 0 aliphatic carbocycles. The number of methoxy groups -OCH3 is 2. The summed E-state index contributed by atoms with van der Waals surface area (Å²) >= 11 is 0. The first kappa shape index (κ1) is 17.5. The van der Waals surface area contributed by atoms with Crippen molar-refractivity contribution in [2.75, 3.05) is 19.5 Å². The molecule has 3 aromatic rings. The lowest BCUT2D eigenvalue weighted by Gasteiger charge is -2.12. The Morgan fingerprint density at radius 1 is 1.08 bits per heavy atom. The minimum absolute atomic E-state index is 0.322. The predicted molar refractivity (Wildman–Crippen MR) is 96.7 cm³/mol. The highest BCUT2D eigenvalue weighted by atomic mass is 16.5. The van der Waals surface area contributed by atoms with Crippen molar-refractivity contribution in [3.05, 3.63) is 54.1 Å². The second-order valence-electron chi connectivity index (χ2n) is 5.62. The number of benzene rings is 1. The van der Waals surface area contributed by atoms with Crippen LogP contribution in [0.5, 0.6) is 11.5 Å². The van der Waals surface area contributed by atoms with Crippen LogP contribution in [0.15, 0.2) is 43.0 Å². The molecule has 0 aliphatic heterocycles. The van der Waals surface area contributed by atoms with Crippen LogP contribution in [0.3, 0.4) is 0 Å². The van der Waals surface area contributed by atoms with Gasteiger partial charge in [0, 0.05) is 24.5 Å². The zero-order valence-corrected chi connectivity index (χ0v) is 15.0. The summed E-state index contributed by atoms with van der Waals surface area (Å²) in [6.07, 6.45) is 7.15. The lowest BCUT2D eigenvalue weighted by Crippen LogP contribution is -2.14. The van der Waals surface area contributed by atoms with Crippen molar-refractivity contribution < 1.29 is 14.3 Å². The summed E-state index contributed by atoms with van der Waals surface area (Å²) in [4.78, 5) is 12.7. The molecular weight excluding hydrogens is 334 g/mol. The summed E-state index contributed by atoms with van der Waals surface area (Å²) in [5.74, 6) is 0.570. The van der Waals surface area contributed by atoms with Gasteiger partial charge in [0.1, 0.15) is 17.1 Å². The molecule has 2 aromatic heterocycles. The number of nitrogens with one attached hydrogen (secondary N) is 1. The maximum atomic E-state index is 12.7. The third-order valence-corrected chi connectivity index (χ3v) is 3.90. The van der Waals surface area contributed by atoms with Gasteiger partial charge in [0.25, 0.3) is 5.91 Å². The van der Waals surface area contributed by atoms with Crippen molar-refractivity contribution in [3.8, 4) is 11.5 Å². The highest BCUT2D eigenvalue weighted by Gasteiger charge is 2.18. The maximum absolute atomic E-state index is 12.7. The molecule has 1 aromatic carbocycles. The van der Waals surface area contributed by atoms with Gasteiger partial charge in [0.2, 0.25) is 0 Å². The van der Waals surface area contributed by atoms with Crippen LogP contribution in [-0.4, -0.2) is 39.7 Å². The number of nitrogens with zero attached hydrogens (tertiary/aromatic N) is 4. The molecule has 1 N–H and O–H groups in total. The van der Waals surface area contributed by atoms with Gasteiger partial charge in [-0.1, -0.05) is 6.07 Å². The zero-order chi connectivity index (χ0) is 18.5. The quantitative estimate of drug-likeness (QED) is 0.704. The number of carbonyl (C=O) groups excluding carboxylic acids is 1. The smallest absolute Gasteiger partial charge is 0.263 e. The Bertz CT molecular complexity index is 878. The van der Waals surface area contributed by atoms with E-state index >= 15 is 0 Å². The van der Waals surface area contributed by atoms with E-state index in [1.165, 1.54) is 14.2 Å². The minimum Gasteiger partial charge on any atom is -0.496 e. The van der Waals surface area contributed by atoms with Gasteiger partial charge in [-0.3, -0.25) is 14.2 Å². The van der Waals surface area contributed by atoms with E-state index in [1.807, 2.05) is 24.0 Å². The number of hydrogen-bond acceptors (Lipinski definition) is 5. The number of rotatable bonds is 7. The Labute approximate surface area is 151 Å². The fraction of sp³-hybridized carbons (Fsp3) is 0.278. The van der Waals surface area contributed by atoms with Crippen molar-refractivity contribution in [3.63, 3.8) is 0 Å². The normalized spacial score (nSPS) is 10.6. The van der Waals surface area contributed by atoms with E-state index in [9.17, 15) is 4.79 Å². The number of ether oxygens (including phenoxy) is 2. The fourth-order valence-electron chi connectivity index (χ4n) is 2.63. The maximum Gasteiger partial charge on any atom is 0.263 e. The van der Waals surface area contributed by atoms with Crippen LogP contribution in [0.25, 0.3) is 0 Å². The van der Waals surface area contributed by atoms with E-state index in [-0.39, 0.29) is 5.91 Å². The van der Waals surface area contributed by atoms with Crippen molar-refractivity contribution in [1.29, 1.82) is 0 Å². The van der Waals surface area contributed by atoms with Gasteiger partial charge in [-0.05, 0) is 19.1 Å². The molecule has 26 heavy (non-hydrogen) atoms. The molecule has 8 heteroatoms. The molecule has 0 fully saturated rings. The fourth-order valence-corrected chi connectivity index (χ4v) is 2.63. The Kier molecular flexibility index (Phi) is 5.21. The number of aryl methyl sites for hydroxylation is 1. The molecule has 3 rings (SSSR count). The first-order valence-corrected chi connectivity index (χ1v) is 8.20. The SMILES string of the molecule is CCn1cc(Cn2cc(NC(=O)c3c(OC)cccc3OC)cn2)cn1. The standard InChI is InChI=1S/C18H21N5O3/c1-4-22-10-13(8-19-22)11-23-12-14(9-20-23)21-18(24)17-15(25-2)6-5-7-16(17)26-3/h5-10,12H,4,11H2,1-3H3,(H,21,24). The van der Waals surface area contributed by atoms with E-state index in [0.29, 0.717) is 29.3 Å². The Morgan fingerprint density at radius 3 is 2.38 bits per heavy atom. The molecule has 136 valence electrons. The topological polar surface area (TPSA) is 83.2 Å². The molecule has 0 unspecified atom stereocenters. The average Bonchev–Trinajstić information content (AvgIpc) is 3.30. The van der Waals surface area contributed by atoms with Crippen molar-refractivity contribution in [2.45, 2.75) is 20.0 Å². The van der Waals surface area contributed by atoms with E-state index in [0.717, 1.165) is 12.1 Å². The largest absolute Gasteiger partial charge is 0.496 e. The molecule has 0 spiro atoms. The van der Waals surface area contributed by atoms with Crippen LogP contribution in [0.4, 0.5) is 5.69 Å². The van der Waals surface area contributed by atoms with E-state index in [2.05, 4.69) is 15.5 Å². The summed E-state index contributed by atoms with van der Waals surface area (Å²) < 4.78 is 14.1. The predicted octanol–water partition coefficient (Wildman–Crippen LogP) is 2.42. The van der Waals surface area contributed by atoms with Gasteiger partial charge in [-0.15, -0.1) is 0 Å². The van der Waals surface area contributed by atoms with Crippen LogP contribution in [0, 0.1) is 0 Å². The monoisotopic (exact) mass is 355 g/mol. The van der Waals surface area contributed by atoms with Crippen LogP contribution in [0.2, 0.25) is 0 Å². The number of anilines is 1. The number of amides is 1. The lowest BCUT2D eigenvalue weighted by molar-refractivity contribution is 0.102. The highest BCUT2D eigenvalue weighted by molar-refractivity contribution is 6.08. The third kappa shape index (κ3) is 3.69. The molecule has 0 bridgehead atoms. The first-order chi connectivity index (χ1) is 12.6. The van der Waals surface area contributed by atoms with Gasteiger partial charge < -0.3 is 14.8 Å². The van der Waals surface area contributed by atoms with Crippen molar-refractivity contribution in [1.82, 2.24) is 19.6 Å². The van der Waals surface area contributed by atoms with Crippen molar-refractivity contribution >= 4 is 11.6 Å². The van der Waals surface area contributed by atoms with Crippen LogP contribution in [-0.2, 0) is 13.1 Å². The lowest BCUT2D eigenvalue weighted by atomic mass is 10.1. The van der Waals surface area contributed by atoms with Crippen molar-refractivity contribution in [2.24, 2.45) is 0 Å². The molecule has 0 saturated carbocycles. The van der Waals surface area contributed by atoms with Crippen LogP contribution < -0.4 is 14.8 Å². The van der Waals surface area contributed by atoms with Gasteiger partial charge in [0.15, 0.2) is 0 Å². The molecule has 0 radical (unpaired) electrons. The Morgan fingerprint density at radius 2 is 1.77 bits per heavy atom.